The lowest BCUT2D eigenvalue weighted by molar-refractivity contribution is -0.908. The molecule has 0 bridgehead atoms. The van der Waals surface area contributed by atoms with Crippen molar-refractivity contribution >= 4 is 0 Å². The Morgan fingerprint density at radius 1 is 1.00 bits per heavy atom. The molecule has 2 rings (SSSR count). The third-order valence-electron chi connectivity index (χ3n) is 6.77. The fourth-order valence-electron chi connectivity index (χ4n) is 3.83. The Labute approximate surface area is 167 Å². The van der Waals surface area contributed by atoms with Gasteiger partial charge in [-0.25, -0.2) is 0 Å². The first-order chi connectivity index (χ1) is 12.7. The molecule has 154 valence electrons. The summed E-state index contributed by atoms with van der Waals surface area (Å²) in [6.45, 7) is 17.2. The number of likely N-dealkylation sites (tertiary alicyclic amines) is 1. The molecule has 1 aliphatic heterocycles. The highest BCUT2D eigenvalue weighted by atomic mass is 16.5. The Bertz CT molecular complexity index is 588. The van der Waals surface area contributed by atoms with Crippen LogP contribution in [0.4, 0.5) is 0 Å². The molecular formula is C24H42NO2+. The van der Waals surface area contributed by atoms with E-state index < -0.39 is 6.10 Å². The molecule has 0 unspecified atom stereocenters. The van der Waals surface area contributed by atoms with Gasteiger partial charge in [0.05, 0.1) is 13.1 Å². The summed E-state index contributed by atoms with van der Waals surface area (Å²) in [6.07, 6.45) is 5.67. The molecule has 0 aliphatic carbocycles. The largest absolute Gasteiger partial charge is 0.490 e. The molecule has 3 heteroatoms. The van der Waals surface area contributed by atoms with Crippen molar-refractivity contribution in [1.82, 2.24) is 0 Å². The summed E-state index contributed by atoms with van der Waals surface area (Å²) in [5.74, 6) is 0.935. The number of piperidine rings is 1. The first-order valence-electron chi connectivity index (χ1n) is 11.0. The van der Waals surface area contributed by atoms with E-state index in [1.54, 1.807) is 0 Å². The van der Waals surface area contributed by atoms with Crippen LogP contribution < -0.4 is 9.64 Å². The average Bonchev–Trinajstić information content (AvgIpc) is 2.67. The molecule has 3 nitrogen and oxygen atoms in total. The van der Waals surface area contributed by atoms with Crippen LogP contribution in [-0.4, -0.2) is 37.5 Å². The van der Waals surface area contributed by atoms with Gasteiger partial charge in [-0.05, 0) is 54.6 Å². The number of quaternary nitrogens is 1. The van der Waals surface area contributed by atoms with Gasteiger partial charge in [-0.1, -0.05) is 53.7 Å². The van der Waals surface area contributed by atoms with Crippen LogP contribution in [0.25, 0.3) is 0 Å². The quantitative estimate of drug-likeness (QED) is 0.686. The van der Waals surface area contributed by atoms with E-state index in [1.807, 2.05) is 0 Å². The van der Waals surface area contributed by atoms with Gasteiger partial charge in [0.1, 0.15) is 25.0 Å². The van der Waals surface area contributed by atoms with Crippen molar-refractivity contribution in [2.45, 2.75) is 90.6 Å². The van der Waals surface area contributed by atoms with Crippen LogP contribution in [0.15, 0.2) is 18.2 Å². The van der Waals surface area contributed by atoms with Crippen LogP contribution in [0, 0.1) is 0 Å². The first kappa shape index (κ1) is 22.2. The van der Waals surface area contributed by atoms with Crippen LogP contribution in [0.3, 0.4) is 0 Å². The summed E-state index contributed by atoms with van der Waals surface area (Å²) in [5, 5.41) is 10.5. The van der Waals surface area contributed by atoms with Gasteiger partial charge in [0.15, 0.2) is 0 Å². The molecule has 1 saturated heterocycles. The lowest BCUT2D eigenvalue weighted by Crippen LogP contribution is -3.14. The van der Waals surface area contributed by atoms with Crippen LogP contribution in [0.5, 0.6) is 5.75 Å². The summed E-state index contributed by atoms with van der Waals surface area (Å²) >= 11 is 0. The number of hydrogen-bond donors (Lipinski definition) is 2. The molecule has 1 aromatic carbocycles. The van der Waals surface area contributed by atoms with E-state index in [-0.39, 0.29) is 10.8 Å². The van der Waals surface area contributed by atoms with Crippen LogP contribution in [0.1, 0.15) is 84.8 Å². The van der Waals surface area contributed by atoms with E-state index in [1.165, 1.54) is 48.4 Å². The number of rotatable bonds is 9. The second kappa shape index (κ2) is 9.43. The molecule has 27 heavy (non-hydrogen) atoms. The Morgan fingerprint density at radius 2 is 1.63 bits per heavy atom. The molecule has 0 spiro atoms. The lowest BCUT2D eigenvalue weighted by Gasteiger charge is -2.31. The Balaban J connectivity index is 2.12. The summed E-state index contributed by atoms with van der Waals surface area (Å²) in [4.78, 5) is 1.52. The average molecular weight is 377 g/mol. The zero-order valence-corrected chi connectivity index (χ0v) is 18.5. The summed E-state index contributed by atoms with van der Waals surface area (Å²) in [6, 6.07) is 6.67. The van der Waals surface area contributed by atoms with Crippen LogP contribution in [-0.2, 0) is 10.8 Å². The summed E-state index contributed by atoms with van der Waals surface area (Å²) in [5.41, 5.74) is 2.85. The predicted octanol–water partition coefficient (Wildman–Crippen LogP) is 3.87. The van der Waals surface area contributed by atoms with Gasteiger partial charge in [-0.2, -0.15) is 0 Å². The molecular weight excluding hydrogens is 334 g/mol. The number of hydrogen-bond acceptors (Lipinski definition) is 2. The van der Waals surface area contributed by atoms with Gasteiger partial charge in [0.2, 0.25) is 0 Å². The molecule has 2 N–H and O–H groups in total. The highest BCUT2D eigenvalue weighted by molar-refractivity contribution is 5.44. The predicted molar refractivity (Wildman–Crippen MR) is 114 cm³/mol. The monoisotopic (exact) mass is 376 g/mol. The minimum absolute atomic E-state index is 0.0538. The van der Waals surface area contributed by atoms with E-state index in [2.05, 4.69) is 59.7 Å². The van der Waals surface area contributed by atoms with Gasteiger partial charge in [0, 0.05) is 5.56 Å². The van der Waals surface area contributed by atoms with Gasteiger partial charge in [0.25, 0.3) is 0 Å². The van der Waals surface area contributed by atoms with Crippen molar-refractivity contribution in [3.05, 3.63) is 29.3 Å². The molecule has 1 atom stereocenters. The normalized spacial score (nSPS) is 17.7. The maximum absolute atomic E-state index is 10.5. The molecule has 0 amide bonds. The fourth-order valence-corrected chi connectivity index (χ4v) is 3.83. The fraction of sp³-hybridized carbons (Fsp3) is 0.750. The SMILES string of the molecule is CCC(C)(C)c1ccc(OC[C@H](O)C[NH+]2CCCCC2)c(C(C)(C)CC)c1. The minimum Gasteiger partial charge on any atom is -0.490 e. The van der Waals surface area contributed by atoms with E-state index in [0.717, 1.165) is 25.1 Å². The highest BCUT2D eigenvalue weighted by Gasteiger charge is 2.27. The van der Waals surface area contributed by atoms with E-state index in [4.69, 9.17) is 4.74 Å². The number of ether oxygens (including phenoxy) is 1. The second-order valence-electron chi connectivity index (χ2n) is 9.67. The molecule has 1 heterocycles. The van der Waals surface area contributed by atoms with Crippen molar-refractivity contribution in [2.75, 3.05) is 26.2 Å². The third-order valence-corrected chi connectivity index (χ3v) is 6.77. The van der Waals surface area contributed by atoms with Gasteiger partial charge >= 0.3 is 0 Å². The maximum Gasteiger partial charge on any atom is 0.137 e. The summed E-state index contributed by atoms with van der Waals surface area (Å²) < 4.78 is 6.17. The standard InChI is InChI=1S/C24H41NO2/c1-7-23(3,4)19-12-13-22(21(16-19)24(5,6)8-2)27-18-20(26)17-25-14-10-9-11-15-25/h12-13,16,20,26H,7-11,14-15,17-18H2,1-6H3/p+1/t20-/m1/s1. The molecule has 1 fully saturated rings. The van der Waals surface area contributed by atoms with E-state index >= 15 is 0 Å². The van der Waals surface area contributed by atoms with Gasteiger partial charge in [-0.15, -0.1) is 0 Å². The lowest BCUT2D eigenvalue weighted by atomic mass is 9.76. The van der Waals surface area contributed by atoms with E-state index in [9.17, 15) is 5.11 Å². The van der Waals surface area contributed by atoms with Gasteiger partial charge < -0.3 is 14.7 Å². The minimum atomic E-state index is -0.401. The van der Waals surface area contributed by atoms with E-state index in [0.29, 0.717) is 6.61 Å². The van der Waals surface area contributed by atoms with Gasteiger partial charge in [-0.3, -0.25) is 0 Å². The zero-order valence-electron chi connectivity index (χ0n) is 18.5. The van der Waals surface area contributed by atoms with Crippen LogP contribution in [0.2, 0.25) is 0 Å². The third kappa shape index (κ3) is 5.96. The Hall–Kier alpha value is -1.06. The maximum atomic E-state index is 10.5. The number of aliphatic hydroxyl groups is 1. The second-order valence-corrected chi connectivity index (χ2v) is 9.67. The first-order valence-corrected chi connectivity index (χ1v) is 11.0. The number of nitrogens with one attached hydrogen (secondary N) is 1. The van der Waals surface area contributed by atoms with Crippen LogP contribution >= 0.6 is 0 Å². The molecule has 0 radical (unpaired) electrons. The Morgan fingerprint density at radius 3 is 2.22 bits per heavy atom. The highest BCUT2D eigenvalue weighted by Crippen LogP contribution is 2.38. The smallest absolute Gasteiger partial charge is 0.137 e. The zero-order chi connectivity index (χ0) is 20.1. The number of benzene rings is 1. The molecule has 1 aromatic rings. The van der Waals surface area contributed by atoms with Crippen molar-refractivity contribution in [1.29, 1.82) is 0 Å². The van der Waals surface area contributed by atoms with Crippen molar-refractivity contribution in [3.8, 4) is 5.75 Å². The van der Waals surface area contributed by atoms with Crippen molar-refractivity contribution < 1.29 is 14.7 Å². The molecule has 0 saturated carbocycles. The molecule has 0 aromatic heterocycles. The number of aliphatic hydroxyl groups excluding tert-OH is 1. The molecule has 1 aliphatic rings. The van der Waals surface area contributed by atoms with Crippen molar-refractivity contribution in [2.24, 2.45) is 0 Å². The summed E-state index contributed by atoms with van der Waals surface area (Å²) in [7, 11) is 0. The van der Waals surface area contributed by atoms with Crippen molar-refractivity contribution in [3.63, 3.8) is 0 Å². The Kier molecular flexibility index (Phi) is 7.76. The topological polar surface area (TPSA) is 33.9 Å².